The summed E-state index contributed by atoms with van der Waals surface area (Å²) in [4.78, 5) is 27.2. The Balaban J connectivity index is 1.93. The summed E-state index contributed by atoms with van der Waals surface area (Å²) in [5.74, 6) is -0.326. The molecule has 0 saturated heterocycles. The fourth-order valence-corrected chi connectivity index (χ4v) is 3.00. The van der Waals surface area contributed by atoms with Gasteiger partial charge in [-0.2, -0.15) is 5.10 Å². The number of rotatable bonds is 8. The summed E-state index contributed by atoms with van der Waals surface area (Å²) < 4.78 is 6.81. The highest BCUT2D eigenvalue weighted by molar-refractivity contribution is 6.09. The number of hydrogen-bond donors (Lipinski definition) is 1. The number of nitrogens with one attached hydrogen (secondary N) is 1. The minimum atomic E-state index is -0.512. The number of carbonyl (C=O) groups is 2. The van der Waals surface area contributed by atoms with Crippen LogP contribution in [0.4, 0.5) is 22.0 Å². The van der Waals surface area contributed by atoms with Crippen LogP contribution in [0, 0.1) is 0 Å². The molecule has 1 heterocycles. The van der Waals surface area contributed by atoms with Gasteiger partial charge in [-0.25, -0.2) is 9.59 Å². The molecular weight excluding hydrogens is 380 g/mol. The molecule has 0 spiro atoms. The SMILES string of the molecule is CCCCn1cc(C(=O)OCC)c(NC(=O)N(c2ccccc2)c2ccccc2)n1. The lowest BCUT2D eigenvalue weighted by molar-refractivity contribution is 0.0527. The molecule has 0 saturated carbocycles. The van der Waals surface area contributed by atoms with Crippen LogP contribution in [0.3, 0.4) is 0 Å². The summed E-state index contributed by atoms with van der Waals surface area (Å²) in [5, 5.41) is 7.22. The summed E-state index contributed by atoms with van der Waals surface area (Å²) in [6, 6.07) is 18.2. The summed E-state index contributed by atoms with van der Waals surface area (Å²) in [6.07, 6.45) is 3.53. The number of amides is 2. The molecule has 3 rings (SSSR count). The first-order valence-electron chi connectivity index (χ1n) is 10.1. The summed E-state index contributed by atoms with van der Waals surface area (Å²) in [7, 11) is 0. The van der Waals surface area contributed by atoms with Crippen LogP contribution in [0.25, 0.3) is 0 Å². The third-order valence-corrected chi connectivity index (χ3v) is 4.46. The van der Waals surface area contributed by atoms with Gasteiger partial charge in [0.05, 0.1) is 18.0 Å². The van der Waals surface area contributed by atoms with Gasteiger partial charge in [-0.05, 0) is 37.6 Å². The van der Waals surface area contributed by atoms with Crippen LogP contribution in [0.5, 0.6) is 0 Å². The van der Waals surface area contributed by atoms with E-state index in [0.717, 1.165) is 12.8 Å². The summed E-state index contributed by atoms with van der Waals surface area (Å²) in [5.41, 5.74) is 1.64. The highest BCUT2D eigenvalue weighted by Crippen LogP contribution is 2.26. The van der Waals surface area contributed by atoms with Crippen LogP contribution in [-0.4, -0.2) is 28.4 Å². The van der Waals surface area contributed by atoms with E-state index in [0.29, 0.717) is 17.9 Å². The van der Waals surface area contributed by atoms with Crippen molar-refractivity contribution in [3.05, 3.63) is 72.4 Å². The zero-order chi connectivity index (χ0) is 21.3. The van der Waals surface area contributed by atoms with E-state index < -0.39 is 12.0 Å². The first-order valence-corrected chi connectivity index (χ1v) is 10.1. The number of ether oxygens (including phenoxy) is 1. The molecule has 0 unspecified atom stereocenters. The van der Waals surface area contributed by atoms with Gasteiger partial charge in [0.2, 0.25) is 0 Å². The van der Waals surface area contributed by atoms with E-state index in [2.05, 4.69) is 17.3 Å². The van der Waals surface area contributed by atoms with Crippen molar-refractivity contribution in [1.82, 2.24) is 9.78 Å². The molecular formula is C23H26N4O3. The average molecular weight is 406 g/mol. The molecule has 0 aliphatic heterocycles. The number of unbranched alkanes of at least 4 members (excludes halogenated alkanes) is 1. The zero-order valence-corrected chi connectivity index (χ0v) is 17.2. The number of anilines is 3. The molecule has 30 heavy (non-hydrogen) atoms. The normalized spacial score (nSPS) is 10.5. The molecule has 1 aromatic heterocycles. The van der Waals surface area contributed by atoms with Crippen molar-refractivity contribution in [2.24, 2.45) is 0 Å². The third-order valence-electron chi connectivity index (χ3n) is 4.46. The Bertz CT molecular complexity index is 931. The molecule has 0 aliphatic carbocycles. The number of aromatic nitrogens is 2. The van der Waals surface area contributed by atoms with Gasteiger partial charge in [0.25, 0.3) is 0 Å². The number of hydrogen-bond acceptors (Lipinski definition) is 4. The van der Waals surface area contributed by atoms with Gasteiger partial charge in [0.15, 0.2) is 5.82 Å². The predicted octanol–water partition coefficient (Wildman–Crippen LogP) is 5.23. The van der Waals surface area contributed by atoms with E-state index in [1.807, 2.05) is 60.7 Å². The molecule has 3 aromatic rings. The Morgan fingerprint density at radius 1 is 1.00 bits per heavy atom. The largest absolute Gasteiger partial charge is 0.462 e. The van der Waals surface area contributed by atoms with Crippen LogP contribution in [-0.2, 0) is 11.3 Å². The summed E-state index contributed by atoms with van der Waals surface area (Å²) >= 11 is 0. The van der Waals surface area contributed by atoms with Crippen LogP contribution < -0.4 is 10.2 Å². The topological polar surface area (TPSA) is 76.5 Å². The Kier molecular flexibility index (Phi) is 7.21. The number of urea groups is 1. The smallest absolute Gasteiger partial charge is 0.343 e. The summed E-state index contributed by atoms with van der Waals surface area (Å²) in [6.45, 7) is 4.71. The quantitative estimate of drug-likeness (QED) is 0.520. The first-order chi connectivity index (χ1) is 14.6. The highest BCUT2D eigenvalue weighted by Gasteiger charge is 2.23. The third kappa shape index (κ3) is 5.05. The minimum absolute atomic E-state index is 0.186. The lowest BCUT2D eigenvalue weighted by Crippen LogP contribution is -2.31. The Morgan fingerprint density at radius 3 is 2.13 bits per heavy atom. The Labute approximate surface area is 176 Å². The zero-order valence-electron chi connectivity index (χ0n) is 17.2. The lowest BCUT2D eigenvalue weighted by Gasteiger charge is -2.23. The van der Waals surface area contributed by atoms with Gasteiger partial charge in [-0.15, -0.1) is 0 Å². The molecule has 7 heteroatoms. The van der Waals surface area contributed by atoms with Gasteiger partial charge in [0, 0.05) is 12.7 Å². The molecule has 0 fully saturated rings. The fraction of sp³-hybridized carbons (Fsp3) is 0.261. The van der Waals surface area contributed by atoms with E-state index >= 15 is 0 Å². The second kappa shape index (κ2) is 10.2. The fourth-order valence-electron chi connectivity index (χ4n) is 3.00. The maximum atomic E-state index is 13.3. The number of aryl methyl sites for hydroxylation is 1. The van der Waals surface area contributed by atoms with Gasteiger partial charge in [-0.1, -0.05) is 49.7 Å². The number of carbonyl (C=O) groups excluding carboxylic acids is 2. The predicted molar refractivity (Wildman–Crippen MR) is 117 cm³/mol. The molecule has 2 aromatic carbocycles. The number of benzene rings is 2. The van der Waals surface area contributed by atoms with E-state index in [1.165, 1.54) is 0 Å². The Morgan fingerprint density at radius 2 is 1.60 bits per heavy atom. The van der Waals surface area contributed by atoms with Crippen molar-refractivity contribution in [3.63, 3.8) is 0 Å². The van der Waals surface area contributed by atoms with Crippen molar-refractivity contribution in [3.8, 4) is 0 Å². The van der Waals surface area contributed by atoms with Gasteiger partial charge < -0.3 is 4.74 Å². The van der Waals surface area contributed by atoms with E-state index in [9.17, 15) is 9.59 Å². The van der Waals surface area contributed by atoms with E-state index in [-0.39, 0.29) is 18.0 Å². The maximum Gasteiger partial charge on any atom is 0.343 e. The maximum absolute atomic E-state index is 13.3. The minimum Gasteiger partial charge on any atom is -0.462 e. The number of esters is 1. The Hall–Kier alpha value is -3.61. The van der Waals surface area contributed by atoms with Crippen LogP contribution >= 0.6 is 0 Å². The second-order valence-electron chi connectivity index (χ2n) is 6.67. The van der Waals surface area contributed by atoms with Crippen molar-refractivity contribution in [2.45, 2.75) is 33.2 Å². The van der Waals surface area contributed by atoms with Crippen molar-refractivity contribution < 1.29 is 14.3 Å². The van der Waals surface area contributed by atoms with Crippen molar-refractivity contribution in [1.29, 1.82) is 0 Å². The van der Waals surface area contributed by atoms with Crippen molar-refractivity contribution in [2.75, 3.05) is 16.8 Å². The highest BCUT2D eigenvalue weighted by atomic mass is 16.5. The average Bonchev–Trinajstić information content (AvgIpc) is 3.17. The van der Waals surface area contributed by atoms with Gasteiger partial charge in [0.1, 0.15) is 5.56 Å². The van der Waals surface area contributed by atoms with Gasteiger partial charge in [-0.3, -0.25) is 14.9 Å². The first kappa shape index (κ1) is 21.1. The lowest BCUT2D eigenvalue weighted by atomic mass is 10.2. The van der Waals surface area contributed by atoms with Crippen LogP contribution in [0.1, 0.15) is 37.0 Å². The molecule has 2 amide bonds. The second-order valence-corrected chi connectivity index (χ2v) is 6.67. The number of nitrogens with zero attached hydrogens (tertiary/aromatic N) is 3. The van der Waals surface area contributed by atoms with Crippen LogP contribution in [0.15, 0.2) is 66.9 Å². The molecule has 0 radical (unpaired) electrons. The van der Waals surface area contributed by atoms with Gasteiger partial charge >= 0.3 is 12.0 Å². The monoisotopic (exact) mass is 406 g/mol. The van der Waals surface area contributed by atoms with Crippen LogP contribution in [0.2, 0.25) is 0 Å². The molecule has 156 valence electrons. The van der Waals surface area contributed by atoms with E-state index in [1.54, 1.807) is 22.7 Å². The number of para-hydroxylation sites is 2. The molecule has 7 nitrogen and oxygen atoms in total. The molecule has 0 atom stereocenters. The van der Waals surface area contributed by atoms with Crippen molar-refractivity contribution >= 4 is 29.2 Å². The standard InChI is InChI=1S/C23H26N4O3/c1-3-5-16-26-17-20(22(28)30-4-2)21(25-26)24-23(29)27(18-12-8-6-9-13-18)19-14-10-7-11-15-19/h6-15,17H,3-5,16H2,1-2H3,(H,24,25,29). The molecule has 0 aliphatic rings. The molecule has 1 N–H and O–H groups in total. The molecule has 0 bridgehead atoms. The van der Waals surface area contributed by atoms with E-state index in [4.69, 9.17) is 4.74 Å².